The zero-order valence-corrected chi connectivity index (χ0v) is 12.8. The lowest BCUT2D eigenvalue weighted by atomic mass is 9.98. The van der Waals surface area contributed by atoms with Gasteiger partial charge >= 0.3 is 0 Å². The molecule has 116 valence electrons. The third kappa shape index (κ3) is 3.64. The first-order valence-corrected chi connectivity index (χ1v) is 8.24. The molecule has 4 nitrogen and oxygen atoms in total. The number of fused-ring (bicyclic) bond motifs is 1. The van der Waals surface area contributed by atoms with Crippen molar-refractivity contribution in [2.45, 2.75) is 25.4 Å². The average molecular weight is 289 g/mol. The minimum absolute atomic E-state index is 0.274. The first-order valence-electron chi connectivity index (χ1n) is 8.24. The number of aliphatic hydroxyl groups is 1. The van der Waals surface area contributed by atoms with Crippen LogP contribution in [-0.2, 0) is 6.54 Å². The fourth-order valence-corrected chi connectivity index (χ4v) is 3.68. The average Bonchev–Trinajstić information content (AvgIpc) is 2.86. The first kappa shape index (κ1) is 15.0. The second-order valence-electron chi connectivity index (χ2n) is 6.13. The van der Waals surface area contributed by atoms with Gasteiger partial charge in [-0.25, -0.2) is 0 Å². The summed E-state index contributed by atoms with van der Waals surface area (Å²) in [5.74, 6) is 0. The molecular weight excluding hydrogens is 262 g/mol. The number of β-amino-alcohol motifs (C(OH)–C–C–N with tert-alkyl or cyclic N) is 1. The van der Waals surface area contributed by atoms with Crippen molar-refractivity contribution in [2.75, 3.05) is 45.9 Å². The SMILES string of the molecule is OCCN1CCCN(C2CCNCc3ccccc32)CC1. The Hall–Kier alpha value is -0.940. The minimum Gasteiger partial charge on any atom is -0.395 e. The Morgan fingerprint density at radius 3 is 2.95 bits per heavy atom. The highest BCUT2D eigenvalue weighted by Crippen LogP contribution is 2.29. The van der Waals surface area contributed by atoms with Crippen LogP contribution in [0.1, 0.15) is 30.0 Å². The molecule has 0 spiro atoms. The summed E-state index contributed by atoms with van der Waals surface area (Å²) in [6.45, 7) is 7.65. The van der Waals surface area contributed by atoms with Crippen LogP contribution in [-0.4, -0.2) is 60.8 Å². The number of nitrogens with zero attached hydrogens (tertiary/aromatic N) is 2. The number of benzene rings is 1. The Morgan fingerprint density at radius 1 is 1.14 bits per heavy atom. The highest BCUT2D eigenvalue weighted by Gasteiger charge is 2.26. The Kier molecular flexibility index (Phi) is 5.25. The topological polar surface area (TPSA) is 38.7 Å². The van der Waals surface area contributed by atoms with Gasteiger partial charge in [-0.15, -0.1) is 0 Å². The fourth-order valence-electron chi connectivity index (χ4n) is 3.68. The van der Waals surface area contributed by atoms with Gasteiger partial charge in [-0.05, 0) is 37.1 Å². The van der Waals surface area contributed by atoms with Crippen LogP contribution in [0.2, 0.25) is 0 Å². The predicted molar refractivity (Wildman–Crippen MR) is 85.2 cm³/mol. The van der Waals surface area contributed by atoms with Gasteiger partial charge in [-0.1, -0.05) is 24.3 Å². The van der Waals surface area contributed by atoms with Crippen molar-refractivity contribution in [1.29, 1.82) is 0 Å². The molecule has 1 unspecified atom stereocenters. The number of aliphatic hydroxyl groups excluding tert-OH is 1. The van der Waals surface area contributed by atoms with Gasteiger partial charge in [0.2, 0.25) is 0 Å². The van der Waals surface area contributed by atoms with Crippen LogP contribution in [0.15, 0.2) is 24.3 Å². The van der Waals surface area contributed by atoms with Crippen LogP contribution in [0.5, 0.6) is 0 Å². The van der Waals surface area contributed by atoms with E-state index in [4.69, 9.17) is 5.11 Å². The maximum absolute atomic E-state index is 9.13. The summed E-state index contributed by atoms with van der Waals surface area (Å²) < 4.78 is 0. The van der Waals surface area contributed by atoms with E-state index in [0.29, 0.717) is 6.04 Å². The van der Waals surface area contributed by atoms with E-state index in [-0.39, 0.29) is 6.61 Å². The minimum atomic E-state index is 0.274. The van der Waals surface area contributed by atoms with E-state index in [1.54, 1.807) is 0 Å². The highest BCUT2D eigenvalue weighted by atomic mass is 16.3. The van der Waals surface area contributed by atoms with E-state index in [1.807, 2.05) is 0 Å². The van der Waals surface area contributed by atoms with Gasteiger partial charge in [-0.2, -0.15) is 0 Å². The van der Waals surface area contributed by atoms with Crippen molar-refractivity contribution >= 4 is 0 Å². The summed E-state index contributed by atoms with van der Waals surface area (Å²) >= 11 is 0. The van der Waals surface area contributed by atoms with Crippen molar-refractivity contribution in [2.24, 2.45) is 0 Å². The smallest absolute Gasteiger partial charge is 0.0558 e. The van der Waals surface area contributed by atoms with E-state index in [0.717, 1.165) is 39.3 Å². The molecule has 0 saturated carbocycles. The number of hydrogen-bond acceptors (Lipinski definition) is 4. The van der Waals surface area contributed by atoms with Gasteiger partial charge in [0.15, 0.2) is 0 Å². The summed E-state index contributed by atoms with van der Waals surface area (Å²) in [6.07, 6.45) is 2.39. The molecule has 1 fully saturated rings. The lowest BCUT2D eigenvalue weighted by Crippen LogP contribution is -2.35. The molecule has 1 aromatic rings. The molecule has 0 aliphatic carbocycles. The van der Waals surface area contributed by atoms with E-state index < -0.39 is 0 Å². The molecule has 1 aromatic carbocycles. The van der Waals surface area contributed by atoms with Gasteiger partial charge in [-0.3, -0.25) is 9.80 Å². The molecule has 0 radical (unpaired) electrons. The number of rotatable bonds is 3. The summed E-state index contributed by atoms with van der Waals surface area (Å²) in [5.41, 5.74) is 2.97. The van der Waals surface area contributed by atoms with Crippen LogP contribution < -0.4 is 5.32 Å². The number of nitrogens with one attached hydrogen (secondary N) is 1. The first-order chi connectivity index (χ1) is 10.4. The lowest BCUT2D eigenvalue weighted by molar-refractivity contribution is 0.176. The Balaban J connectivity index is 1.74. The summed E-state index contributed by atoms with van der Waals surface area (Å²) in [6, 6.07) is 9.44. The third-order valence-electron chi connectivity index (χ3n) is 4.80. The molecule has 3 rings (SSSR count). The van der Waals surface area contributed by atoms with E-state index in [9.17, 15) is 0 Å². The quantitative estimate of drug-likeness (QED) is 0.878. The number of hydrogen-bond donors (Lipinski definition) is 2. The van der Waals surface area contributed by atoms with Crippen LogP contribution in [0.3, 0.4) is 0 Å². The zero-order valence-electron chi connectivity index (χ0n) is 12.8. The molecule has 0 amide bonds. The Bertz CT molecular complexity index is 451. The predicted octanol–water partition coefficient (Wildman–Crippen LogP) is 1.22. The lowest BCUT2D eigenvalue weighted by Gasteiger charge is -2.31. The monoisotopic (exact) mass is 289 g/mol. The van der Waals surface area contributed by atoms with Crippen LogP contribution >= 0.6 is 0 Å². The fraction of sp³-hybridized carbons (Fsp3) is 0.647. The highest BCUT2D eigenvalue weighted by molar-refractivity contribution is 5.31. The molecule has 0 bridgehead atoms. The molecule has 2 aliphatic rings. The molecule has 1 saturated heterocycles. The summed E-state index contributed by atoms with van der Waals surface area (Å²) in [7, 11) is 0. The van der Waals surface area contributed by atoms with Crippen LogP contribution in [0, 0.1) is 0 Å². The van der Waals surface area contributed by atoms with Crippen LogP contribution in [0.4, 0.5) is 0 Å². The zero-order chi connectivity index (χ0) is 14.5. The molecular formula is C17H27N3O. The van der Waals surface area contributed by atoms with E-state index in [2.05, 4.69) is 39.4 Å². The summed E-state index contributed by atoms with van der Waals surface area (Å²) in [4.78, 5) is 5.05. The molecule has 2 N–H and O–H groups in total. The Labute approximate surface area is 127 Å². The van der Waals surface area contributed by atoms with Gasteiger partial charge in [0.05, 0.1) is 6.61 Å². The summed E-state index contributed by atoms with van der Waals surface area (Å²) in [5, 5.41) is 12.7. The second kappa shape index (κ2) is 7.36. The molecule has 1 atom stereocenters. The van der Waals surface area contributed by atoms with Crippen LogP contribution in [0.25, 0.3) is 0 Å². The van der Waals surface area contributed by atoms with Crippen molar-refractivity contribution in [3.8, 4) is 0 Å². The van der Waals surface area contributed by atoms with Gasteiger partial charge in [0.1, 0.15) is 0 Å². The molecule has 2 heterocycles. The second-order valence-corrected chi connectivity index (χ2v) is 6.13. The van der Waals surface area contributed by atoms with Gasteiger partial charge in [0.25, 0.3) is 0 Å². The molecule has 2 aliphatic heterocycles. The maximum atomic E-state index is 9.13. The van der Waals surface area contributed by atoms with Crippen molar-refractivity contribution in [3.05, 3.63) is 35.4 Å². The third-order valence-corrected chi connectivity index (χ3v) is 4.80. The molecule has 0 aromatic heterocycles. The van der Waals surface area contributed by atoms with Gasteiger partial charge in [0, 0.05) is 38.8 Å². The standard InChI is InChI=1S/C17H27N3O/c21-13-12-19-8-3-9-20(11-10-19)17-6-7-18-14-15-4-1-2-5-16(15)17/h1-2,4-5,17-18,21H,3,6-14H2. The molecule has 21 heavy (non-hydrogen) atoms. The van der Waals surface area contributed by atoms with E-state index in [1.165, 1.54) is 30.5 Å². The Morgan fingerprint density at radius 2 is 2.05 bits per heavy atom. The van der Waals surface area contributed by atoms with Gasteiger partial charge < -0.3 is 10.4 Å². The van der Waals surface area contributed by atoms with E-state index >= 15 is 0 Å². The van der Waals surface area contributed by atoms with Crippen molar-refractivity contribution in [3.63, 3.8) is 0 Å². The largest absolute Gasteiger partial charge is 0.395 e. The molecule has 4 heteroatoms. The van der Waals surface area contributed by atoms with Crippen molar-refractivity contribution < 1.29 is 5.11 Å². The van der Waals surface area contributed by atoms with Crippen molar-refractivity contribution in [1.82, 2.24) is 15.1 Å². The maximum Gasteiger partial charge on any atom is 0.0558 e. The normalized spacial score (nSPS) is 25.1.